The van der Waals surface area contributed by atoms with E-state index in [0.29, 0.717) is 13.0 Å². The third-order valence-corrected chi connectivity index (χ3v) is 6.92. The maximum absolute atomic E-state index is 12.7. The normalized spacial score (nSPS) is 19.6. The van der Waals surface area contributed by atoms with Gasteiger partial charge in [-0.2, -0.15) is 0 Å². The van der Waals surface area contributed by atoms with Gasteiger partial charge in [0.2, 0.25) is 0 Å². The van der Waals surface area contributed by atoms with Gasteiger partial charge in [-0.25, -0.2) is 4.79 Å². The number of hydrogen-bond acceptors (Lipinski definition) is 5. The van der Waals surface area contributed by atoms with Crippen LogP contribution < -0.4 is 10.6 Å². The van der Waals surface area contributed by atoms with E-state index in [2.05, 4.69) is 34.9 Å². The largest absolute Gasteiger partial charge is 0.481 e. The molecule has 0 aromatic heterocycles. The number of benzene rings is 2. The third kappa shape index (κ3) is 5.65. The Balaban J connectivity index is 1.32. The first kappa shape index (κ1) is 24.7. The van der Waals surface area contributed by atoms with Crippen LogP contribution in [-0.2, 0) is 19.1 Å². The van der Waals surface area contributed by atoms with Crippen molar-refractivity contribution in [3.63, 3.8) is 0 Å². The molecule has 2 aliphatic rings. The summed E-state index contributed by atoms with van der Waals surface area (Å²) in [6.45, 7) is 4.62. The molecule has 0 radical (unpaired) electrons. The van der Waals surface area contributed by atoms with Crippen LogP contribution in [0.1, 0.15) is 43.7 Å². The Morgan fingerprint density at radius 2 is 1.69 bits per heavy atom. The number of carbonyl (C=O) groups is 3. The molecule has 1 aliphatic heterocycles. The lowest BCUT2D eigenvalue weighted by atomic mass is 9.92. The van der Waals surface area contributed by atoms with Crippen LogP contribution in [0.3, 0.4) is 0 Å². The van der Waals surface area contributed by atoms with E-state index in [1.165, 1.54) is 0 Å². The van der Waals surface area contributed by atoms with Gasteiger partial charge in [0.1, 0.15) is 6.61 Å². The van der Waals surface area contributed by atoms with Crippen molar-refractivity contribution in [1.82, 2.24) is 10.6 Å². The molecule has 0 spiro atoms. The number of amides is 2. The average Bonchev–Trinajstić information content (AvgIpc) is 3.42. The number of aliphatic carboxylic acids is 1. The summed E-state index contributed by atoms with van der Waals surface area (Å²) in [6, 6.07) is 15.7. The van der Waals surface area contributed by atoms with Gasteiger partial charge in [-0.3, -0.25) is 9.59 Å². The Kier molecular flexibility index (Phi) is 7.70. The predicted octanol–water partition coefficient (Wildman–Crippen LogP) is 3.55. The highest BCUT2D eigenvalue weighted by Crippen LogP contribution is 2.44. The van der Waals surface area contributed by atoms with E-state index in [4.69, 9.17) is 14.6 Å². The molecule has 4 rings (SSSR count). The molecular formula is C27H32N2O6. The molecule has 8 nitrogen and oxygen atoms in total. The smallest absolute Gasteiger partial charge is 0.407 e. The number of nitrogens with one attached hydrogen (secondary N) is 2. The van der Waals surface area contributed by atoms with Crippen molar-refractivity contribution < 1.29 is 29.0 Å². The molecule has 186 valence electrons. The van der Waals surface area contributed by atoms with Crippen molar-refractivity contribution in [2.24, 2.45) is 11.8 Å². The lowest BCUT2D eigenvalue weighted by Crippen LogP contribution is -2.49. The van der Waals surface area contributed by atoms with E-state index in [1.54, 1.807) is 0 Å². The highest BCUT2D eigenvalue weighted by atomic mass is 16.6. The second kappa shape index (κ2) is 10.9. The number of carbonyl (C=O) groups excluding carboxylic acids is 2. The first-order valence-electron chi connectivity index (χ1n) is 12.1. The summed E-state index contributed by atoms with van der Waals surface area (Å²) in [7, 11) is 0. The predicted molar refractivity (Wildman–Crippen MR) is 130 cm³/mol. The van der Waals surface area contributed by atoms with Crippen molar-refractivity contribution >= 4 is 18.0 Å². The van der Waals surface area contributed by atoms with Crippen LogP contribution in [0.25, 0.3) is 11.1 Å². The Bertz CT molecular complexity index is 1040. The van der Waals surface area contributed by atoms with Crippen molar-refractivity contribution in [2.45, 2.75) is 44.8 Å². The van der Waals surface area contributed by atoms with Crippen LogP contribution in [0.5, 0.6) is 0 Å². The second-order valence-electron chi connectivity index (χ2n) is 9.50. The van der Waals surface area contributed by atoms with Crippen LogP contribution in [-0.4, -0.2) is 55.0 Å². The minimum absolute atomic E-state index is 0.0229. The first-order chi connectivity index (χ1) is 16.8. The van der Waals surface area contributed by atoms with Gasteiger partial charge in [-0.15, -0.1) is 0 Å². The summed E-state index contributed by atoms with van der Waals surface area (Å²) in [6.07, 6.45) is -0.963. The third-order valence-electron chi connectivity index (χ3n) is 6.92. The van der Waals surface area contributed by atoms with Gasteiger partial charge in [0.25, 0.3) is 5.91 Å². The number of ether oxygens (including phenoxy) is 2. The van der Waals surface area contributed by atoms with Gasteiger partial charge in [-0.1, -0.05) is 62.4 Å². The number of rotatable bonds is 9. The Labute approximate surface area is 205 Å². The molecule has 0 bridgehead atoms. The lowest BCUT2D eigenvalue weighted by molar-refractivity contribution is -0.139. The van der Waals surface area contributed by atoms with E-state index in [0.717, 1.165) is 22.3 Å². The highest BCUT2D eigenvalue weighted by Gasteiger charge is 2.36. The zero-order valence-corrected chi connectivity index (χ0v) is 20.0. The quantitative estimate of drug-likeness (QED) is 0.506. The van der Waals surface area contributed by atoms with Crippen molar-refractivity contribution in [3.8, 4) is 11.1 Å². The molecule has 1 aliphatic carbocycles. The molecule has 1 fully saturated rings. The lowest BCUT2D eigenvalue weighted by Gasteiger charge is -2.23. The molecular weight excluding hydrogens is 448 g/mol. The monoisotopic (exact) mass is 480 g/mol. The summed E-state index contributed by atoms with van der Waals surface area (Å²) in [5, 5.41) is 14.7. The minimum atomic E-state index is -0.898. The number of alkyl carbamates (subject to hydrolysis) is 1. The van der Waals surface area contributed by atoms with E-state index in [9.17, 15) is 14.4 Å². The van der Waals surface area contributed by atoms with Gasteiger partial charge >= 0.3 is 12.1 Å². The van der Waals surface area contributed by atoms with Crippen LogP contribution in [0.4, 0.5) is 4.79 Å². The number of fused-ring (bicyclic) bond motifs is 3. The van der Waals surface area contributed by atoms with Crippen LogP contribution >= 0.6 is 0 Å². The highest BCUT2D eigenvalue weighted by molar-refractivity contribution is 5.83. The topological polar surface area (TPSA) is 114 Å². The van der Waals surface area contributed by atoms with Crippen LogP contribution in [0.2, 0.25) is 0 Å². The molecule has 1 heterocycles. The van der Waals surface area contributed by atoms with Gasteiger partial charge in [0, 0.05) is 19.1 Å². The molecule has 2 aromatic carbocycles. The van der Waals surface area contributed by atoms with Gasteiger partial charge in [0.15, 0.2) is 6.10 Å². The Morgan fingerprint density at radius 1 is 1.06 bits per heavy atom. The fourth-order valence-corrected chi connectivity index (χ4v) is 4.89. The van der Waals surface area contributed by atoms with Crippen LogP contribution in [0, 0.1) is 11.8 Å². The molecule has 3 atom stereocenters. The van der Waals surface area contributed by atoms with E-state index in [1.807, 2.05) is 38.1 Å². The van der Waals surface area contributed by atoms with E-state index >= 15 is 0 Å². The van der Waals surface area contributed by atoms with E-state index < -0.39 is 24.2 Å². The standard InChI is InChI=1S/C27H32N2O6/c1-16(2)17(13-24(30)31)14-28-26(32)25-23(11-12-34-25)29-27(33)35-15-22-20-9-5-3-7-18(20)19-8-4-6-10-21(19)22/h3-10,16-17,22-23,25H,11-15H2,1-2H3,(H,28,32)(H,29,33)(H,30,31). The Morgan fingerprint density at radius 3 is 2.29 bits per heavy atom. The fraction of sp³-hybridized carbons (Fsp3) is 0.444. The second-order valence-corrected chi connectivity index (χ2v) is 9.50. The Hall–Kier alpha value is -3.39. The average molecular weight is 481 g/mol. The maximum atomic E-state index is 12.7. The summed E-state index contributed by atoms with van der Waals surface area (Å²) >= 11 is 0. The van der Waals surface area contributed by atoms with E-state index in [-0.39, 0.29) is 43.2 Å². The maximum Gasteiger partial charge on any atom is 0.407 e. The molecule has 2 aromatic rings. The minimum Gasteiger partial charge on any atom is -0.481 e. The molecule has 8 heteroatoms. The van der Waals surface area contributed by atoms with Gasteiger partial charge < -0.3 is 25.2 Å². The molecule has 0 saturated carbocycles. The number of carboxylic acids is 1. The fourth-order valence-electron chi connectivity index (χ4n) is 4.89. The van der Waals surface area contributed by atoms with Crippen molar-refractivity contribution in [1.29, 1.82) is 0 Å². The first-order valence-corrected chi connectivity index (χ1v) is 12.1. The summed E-state index contributed by atoms with van der Waals surface area (Å²) in [5.74, 6) is -1.39. The number of carboxylic acid groups (broad SMARTS) is 1. The molecule has 1 saturated heterocycles. The van der Waals surface area contributed by atoms with Crippen molar-refractivity contribution in [3.05, 3.63) is 59.7 Å². The van der Waals surface area contributed by atoms with Crippen molar-refractivity contribution in [2.75, 3.05) is 19.8 Å². The molecule has 2 amide bonds. The zero-order chi connectivity index (χ0) is 24.9. The molecule has 35 heavy (non-hydrogen) atoms. The molecule has 3 unspecified atom stereocenters. The van der Waals surface area contributed by atoms with Crippen LogP contribution in [0.15, 0.2) is 48.5 Å². The summed E-state index contributed by atoms with van der Waals surface area (Å²) in [5.41, 5.74) is 4.56. The van der Waals surface area contributed by atoms with Gasteiger partial charge in [-0.05, 0) is 40.5 Å². The zero-order valence-electron chi connectivity index (χ0n) is 20.0. The SMILES string of the molecule is CC(C)C(CNC(=O)C1OCCC1NC(=O)OCC1c2ccccc2-c2ccccc21)CC(=O)O. The summed E-state index contributed by atoms with van der Waals surface area (Å²) < 4.78 is 11.2. The van der Waals surface area contributed by atoms with Gasteiger partial charge in [0.05, 0.1) is 12.5 Å². The number of hydrogen-bond donors (Lipinski definition) is 3. The molecule has 3 N–H and O–H groups in total. The summed E-state index contributed by atoms with van der Waals surface area (Å²) in [4.78, 5) is 36.4.